The Kier molecular flexibility index (Phi) is 2.52. The van der Waals surface area contributed by atoms with E-state index in [0.717, 1.165) is 5.39 Å². The van der Waals surface area contributed by atoms with E-state index in [1.165, 1.54) is 24.3 Å². The fourth-order valence-corrected chi connectivity index (χ4v) is 2.13. The van der Waals surface area contributed by atoms with Crippen molar-refractivity contribution in [1.82, 2.24) is 4.98 Å². The lowest BCUT2D eigenvalue weighted by molar-refractivity contribution is -0.384. The summed E-state index contributed by atoms with van der Waals surface area (Å²) in [6.07, 6.45) is 1.71. The van der Waals surface area contributed by atoms with E-state index in [-0.39, 0.29) is 5.69 Å². The number of nitrogens with zero attached hydrogens (tertiary/aromatic N) is 1. The third kappa shape index (κ3) is 1.95. The molecule has 0 atom stereocenters. The Morgan fingerprint density at radius 1 is 1.16 bits per heavy atom. The number of aromatic nitrogens is 1. The van der Waals surface area contributed by atoms with Gasteiger partial charge < -0.3 is 4.98 Å². The van der Waals surface area contributed by atoms with E-state index in [9.17, 15) is 14.5 Å². The highest BCUT2D eigenvalue weighted by Gasteiger charge is 2.17. The Labute approximate surface area is 107 Å². The maximum absolute atomic E-state index is 13.3. The van der Waals surface area contributed by atoms with Gasteiger partial charge >= 0.3 is 0 Å². The number of nitro groups is 1. The maximum Gasteiger partial charge on any atom is 0.279 e. The van der Waals surface area contributed by atoms with Crippen molar-refractivity contribution in [3.63, 3.8) is 0 Å². The molecule has 0 amide bonds. The second kappa shape index (κ2) is 4.20. The minimum Gasteiger partial charge on any atom is -0.361 e. The van der Waals surface area contributed by atoms with Crippen LogP contribution in [0.15, 0.2) is 48.7 Å². The molecule has 3 rings (SSSR count). The average molecular weight is 256 g/mol. The van der Waals surface area contributed by atoms with Crippen molar-refractivity contribution in [2.75, 3.05) is 0 Å². The normalized spacial score (nSPS) is 10.8. The summed E-state index contributed by atoms with van der Waals surface area (Å²) in [5.41, 5.74) is 1.55. The lowest BCUT2D eigenvalue weighted by Gasteiger charge is -2.04. The van der Waals surface area contributed by atoms with Crippen molar-refractivity contribution in [3.8, 4) is 11.1 Å². The second-order valence-corrected chi connectivity index (χ2v) is 4.20. The molecular weight excluding hydrogens is 247 g/mol. The summed E-state index contributed by atoms with van der Waals surface area (Å²) >= 11 is 0. The molecule has 0 radical (unpaired) electrons. The standard InChI is InChI=1S/C14H9FN2O2/c15-11-3-1-2-9(6-11)12-7-10-4-5-16-13(10)8-14(12)17(18)19/h1-8,16H. The largest absolute Gasteiger partial charge is 0.361 e. The molecule has 1 heterocycles. The number of halogens is 1. The molecular formula is C14H9FN2O2. The summed E-state index contributed by atoms with van der Waals surface area (Å²) < 4.78 is 13.3. The highest BCUT2D eigenvalue weighted by molar-refractivity contribution is 5.90. The van der Waals surface area contributed by atoms with Gasteiger partial charge in [-0.25, -0.2) is 4.39 Å². The van der Waals surface area contributed by atoms with Gasteiger partial charge in [-0.1, -0.05) is 12.1 Å². The number of nitro benzene ring substituents is 1. The zero-order valence-electron chi connectivity index (χ0n) is 9.76. The maximum atomic E-state index is 13.3. The molecule has 0 saturated heterocycles. The van der Waals surface area contributed by atoms with Crippen molar-refractivity contribution in [2.24, 2.45) is 0 Å². The average Bonchev–Trinajstić information content (AvgIpc) is 2.84. The van der Waals surface area contributed by atoms with E-state index in [1.54, 1.807) is 18.3 Å². The van der Waals surface area contributed by atoms with Crippen LogP contribution >= 0.6 is 0 Å². The zero-order valence-corrected chi connectivity index (χ0v) is 9.76. The van der Waals surface area contributed by atoms with Gasteiger partial charge in [0, 0.05) is 17.6 Å². The van der Waals surface area contributed by atoms with Crippen molar-refractivity contribution in [3.05, 3.63) is 64.6 Å². The predicted octanol–water partition coefficient (Wildman–Crippen LogP) is 3.88. The van der Waals surface area contributed by atoms with Crippen molar-refractivity contribution in [2.45, 2.75) is 0 Å². The minimum atomic E-state index is -0.458. The van der Waals surface area contributed by atoms with Gasteiger partial charge in [-0.05, 0) is 29.8 Å². The monoisotopic (exact) mass is 256 g/mol. The van der Waals surface area contributed by atoms with Crippen LogP contribution in [0.2, 0.25) is 0 Å². The first-order valence-corrected chi connectivity index (χ1v) is 5.66. The third-order valence-electron chi connectivity index (χ3n) is 3.00. The molecule has 3 aromatic rings. The van der Waals surface area contributed by atoms with Gasteiger partial charge in [-0.3, -0.25) is 10.1 Å². The molecule has 94 valence electrons. The Hall–Kier alpha value is -2.69. The molecule has 0 fully saturated rings. The number of aromatic amines is 1. The molecule has 4 nitrogen and oxygen atoms in total. The van der Waals surface area contributed by atoms with Crippen molar-refractivity contribution in [1.29, 1.82) is 0 Å². The Balaban J connectivity index is 2.31. The van der Waals surface area contributed by atoms with Gasteiger partial charge in [0.25, 0.3) is 5.69 Å². The molecule has 1 aromatic heterocycles. The van der Waals surface area contributed by atoms with Gasteiger partial charge in [0.15, 0.2) is 0 Å². The summed E-state index contributed by atoms with van der Waals surface area (Å²) in [5.74, 6) is -0.416. The van der Waals surface area contributed by atoms with Crippen molar-refractivity contribution < 1.29 is 9.31 Å². The number of rotatable bonds is 2. The summed E-state index contributed by atoms with van der Waals surface area (Å²) in [5, 5.41) is 12.0. The number of benzene rings is 2. The van der Waals surface area contributed by atoms with Gasteiger partial charge in [-0.2, -0.15) is 0 Å². The lowest BCUT2D eigenvalue weighted by Crippen LogP contribution is -1.92. The van der Waals surface area contributed by atoms with E-state index in [4.69, 9.17) is 0 Å². The van der Waals surface area contributed by atoms with Gasteiger partial charge in [0.1, 0.15) is 5.82 Å². The molecule has 19 heavy (non-hydrogen) atoms. The molecule has 0 saturated carbocycles. The second-order valence-electron chi connectivity index (χ2n) is 4.20. The molecule has 0 aliphatic rings. The quantitative estimate of drug-likeness (QED) is 0.558. The summed E-state index contributed by atoms with van der Waals surface area (Å²) in [4.78, 5) is 13.6. The summed E-state index contributed by atoms with van der Waals surface area (Å²) in [7, 11) is 0. The third-order valence-corrected chi connectivity index (χ3v) is 3.00. The SMILES string of the molecule is O=[N+]([O-])c1cc2[nH]ccc2cc1-c1cccc(F)c1. The number of hydrogen-bond acceptors (Lipinski definition) is 2. The number of nitrogens with one attached hydrogen (secondary N) is 1. The first-order chi connectivity index (χ1) is 9.15. The molecule has 1 N–H and O–H groups in total. The minimum absolute atomic E-state index is 0.0412. The zero-order chi connectivity index (χ0) is 13.4. The first-order valence-electron chi connectivity index (χ1n) is 5.66. The topological polar surface area (TPSA) is 58.9 Å². The molecule has 0 unspecified atom stereocenters. The number of H-pyrrole nitrogens is 1. The smallest absolute Gasteiger partial charge is 0.279 e. The highest BCUT2D eigenvalue weighted by Crippen LogP contribution is 2.33. The predicted molar refractivity (Wildman–Crippen MR) is 70.3 cm³/mol. The van der Waals surface area contributed by atoms with E-state index in [0.29, 0.717) is 16.6 Å². The molecule has 2 aromatic carbocycles. The molecule has 5 heteroatoms. The lowest BCUT2D eigenvalue weighted by atomic mass is 10.0. The van der Waals surface area contributed by atoms with Crippen LogP contribution in [0, 0.1) is 15.9 Å². The van der Waals surface area contributed by atoms with Crippen LogP contribution in [0.5, 0.6) is 0 Å². The number of hydrogen-bond donors (Lipinski definition) is 1. The van der Waals surface area contributed by atoms with Crippen LogP contribution in [0.4, 0.5) is 10.1 Å². The van der Waals surface area contributed by atoms with Crippen LogP contribution in [0.3, 0.4) is 0 Å². The van der Waals surface area contributed by atoms with Crippen LogP contribution in [0.1, 0.15) is 0 Å². The van der Waals surface area contributed by atoms with E-state index >= 15 is 0 Å². The molecule has 0 bridgehead atoms. The first kappa shape index (κ1) is 11.4. The summed E-state index contributed by atoms with van der Waals surface area (Å²) in [6.45, 7) is 0. The summed E-state index contributed by atoms with van der Waals surface area (Å²) in [6, 6.07) is 10.8. The van der Waals surface area contributed by atoms with Crippen molar-refractivity contribution >= 4 is 16.6 Å². The van der Waals surface area contributed by atoms with Crippen LogP contribution in [-0.4, -0.2) is 9.91 Å². The van der Waals surface area contributed by atoms with E-state index in [1.807, 2.05) is 6.07 Å². The van der Waals surface area contributed by atoms with Gasteiger partial charge in [0.2, 0.25) is 0 Å². The van der Waals surface area contributed by atoms with Crippen LogP contribution < -0.4 is 0 Å². The highest BCUT2D eigenvalue weighted by atomic mass is 19.1. The van der Waals surface area contributed by atoms with E-state index in [2.05, 4.69) is 4.98 Å². The molecule has 0 aliphatic heterocycles. The van der Waals surface area contributed by atoms with E-state index < -0.39 is 10.7 Å². The van der Waals surface area contributed by atoms with Crippen LogP contribution in [-0.2, 0) is 0 Å². The molecule has 0 spiro atoms. The fourth-order valence-electron chi connectivity index (χ4n) is 2.13. The van der Waals surface area contributed by atoms with Crippen LogP contribution in [0.25, 0.3) is 22.0 Å². The fraction of sp³-hybridized carbons (Fsp3) is 0. The Bertz CT molecular complexity index is 780. The van der Waals surface area contributed by atoms with Gasteiger partial charge in [-0.15, -0.1) is 0 Å². The Morgan fingerprint density at radius 3 is 2.74 bits per heavy atom. The van der Waals surface area contributed by atoms with Gasteiger partial charge in [0.05, 0.1) is 16.0 Å². The number of fused-ring (bicyclic) bond motifs is 1. The Morgan fingerprint density at radius 2 is 2.00 bits per heavy atom. The molecule has 0 aliphatic carbocycles.